The second-order valence-electron chi connectivity index (χ2n) is 3.60. The lowest BCUT2D eigenvalue weighted by molar-refractivity contribution is -0.167. The van der Waals surface area contributed by atoms with Crippen LogP contribution in [0.3, 0.4) is 0 Å². The van der Waals surface area contributed by atoms with Gasteiger partial charge in [0.15, 0.2) is 0 Å². The molecule has 0 spiro atoms. The lowest BCUT2D eigenvalue weighted by Crippen LogP contribution is -2.25. The quantitative estimate of drug-likeness (QED) is 0.663. The molecule has 0 bridgehead atoms. The number of rotatable bonds is 3. The van der Waals surface area contributed by atoms with E-state index >= 15 is 0 Å². The zero-order chi connectivity index (χ0) is 11.3. The zero-order valence-corrected chi connectivity index (χ0v) is 9.43. The van der Waals surface area contributed by atoms with Gasteiger partial charge in [0.1, 0.15) is 0 Å². The SMILES string of the molecule is CON(C)C(=O)CC1=CC=CC(C)C=C1. The van der Waals surface area contributed by atoms with Crippen LogP contribution in [-0.4, -0.2) is 25.1 Å². The Kier molecular flexibility index (Phi) is 4.31. The number of allylic oxidation sites excluding steroid dienone is 5. The minimum absolute atomic E-state index is 0.0450. The fraction of sp³-hybridized carbons (Fsp3) is 0.417. The number of amides is 1. The van der Waals surface area contributed by atoms with Crippen molar-refractivity contribution in [3.63, 3.8) is 0 Å². The molecular formula is C12H17NO2. The Bertz CT molecular complexity index is 316. The van der Waals surface area contributed by atoms with Crippen LogP contribution in [-0.2, 0) is 9.63 Å². The molecular weight excluding hydrogens is 190 g/mol. The molecule has 0 fully saturated rings. The first-order chi connectivity index (χ1) is 7.13. The van der Waals surface area contributed by atoms with Gasteiger partial charge >= 0.3 is 0 Å². The molecule has 0 N–H and O–H groups in total. The van der Waals surface area contributed by atoms with Crippen molar-refractivity contribution in [2.75, 3.05) is 14.2 Å². The smallest absolute Gasteiger partial charge is 0.250 e. The third-order valence-corrected chi connectivity index (χ3v) is 2.32. The zero-order valence-electron chi connectivity index (χ0n) is 9.43. The Hall–Kier alpha value is -1.35. The van der Waals surface area contributed by atoms with E-state index in [9.17, 15) is 4.79 Å². The van der Waals surface area contributed by atoms with Crippen molar-refractivity contribution in [2.45, 2.75) is 13.3 Å². The summed E-state index contributed by atoms with van der Waals surface area (Å²) in [5.74, 6) is 0.380. The van der Waals surface area contributed by atoms with Gasteiger partial charge in [-0.05, 0) is 11.5 Å². The third kappa shape index (κ3) is 3.72. The number of hydrogen-bond acceptors (Lipinski definition) is 2. The number of carbonyl (C=O) groups excluding carboxylic acids is 1. The molecule has 1 atom stereocenters. The first-order valence-corrected chi connectivity index (χ1v) is 4.99. The first-order valence-electron chi connectivity index (χ1n) is 4.99. The van der Waals surface area contributed by atoms with Crippen LogP contribution in [0.15, 0.2) is 36.0 Å². The maximum Gasteiger partial charge on any atom is 0.250 e. The topological polar surface area (TPSA) is 29.5 Å². The molecule has 0 aromatic rings. The third-order valence-electron chi connectivity index (χ3n) is 2.32. The maximum absolute atomic E-state index is 11.5. The highest BCUT2D eigenvalue weighted by atomic mass is 16.7. The highest BCUT2D eigenvalue weighted by Crippen LogP contribution is 2.13. The van der Waals surface area contributed by atoms with E-state index in [0.717, 1.165) is 5.57 Å². The van der Waals surface area contributed by atoms with E-state index in [1.165, 1.54) is 12.2 Å². The summed E-state index contributed by atoms with van der Waals surface area (Å²) in [4.78, 5) is 16.4. The van der Waals surface area contributed by atoms with Gasteiger partial charge in [-0.1, -0.05) is 37.3 Å². The molecule has 0 saturated carbocycles. The number of nitrogens with zero attached hydrogens (tertiary/aromatic N) is 1. The van der Waals surface area contributed by atoms with Gasteiger partial charge in [-0.15, -0.1) is 0 Å². The van der Waals surface area contributed by atoms with Gasteiger partial charge in [-0.2, -0.15) is 0 Å². The lowest BCUT2D eigenvalue weighted by atomic mass is 10.1. The van der Waals surface area contributed by atoms with Gasteiger partial charge in [0, 0.05) is 7.05 Å². The van der Waals surface area contributed by atoms with E-state index in [0.29, 0.717) is 12.3 Å². The highest BCUT2D eigenvalue weighted by molar-refractivity contribution is 5.78. The summed E-state index contributed by atoms with van der Waals surface area (Å²) >= 11 is 0. The molecule has 82 valence electrons. The fourth-order valence-electron chi connectivity index (χ4n) is 1.26. The molecule has 1 unspecified atom stereocenters. The van der Waals surface area contributed by atoms with Crippen LogP contribution in [0, 0.1) is 5.92 Å². The summed E-state index contributed by atoms with van der Waals surface area (Å²) in [6.45, 7) is 2.10. The standard InChI is InChI=1S/C12H17NO2/c1-10-5-4-6-11(8-7-10)9-12(14)13(2)15-3/h4-8,10H,9H2,1-3H3. The first kappa shape index (κ1) is 11.7. The Morgan fingerprint density at radius 1 is 1.53 bits per heavy atom. The second kappa shape index (κ2) is 5.51. The van der Waals surface area contributed by atoms with Crippen molar-refractivity contribution in [3.05, 3.63) is 36.0 Å². The highest BCUT2D eigenvalue weighted by Gasteiger charge is 2.09. The Balaban J connectivity index is 2.59. The molecule has 3 nitrogen and oxygen atoms in total. The maximum atomic E-state index is 11.5. The van der Waals surface area contributed by atoms with Crippen molar-refractivity contribution < 1.29 is 9.63 Å². The van der Waals surface area contributed by atoms with Gasteiger partial charge in [0.25, 0.3) is 0 Å². The summed E-state index contributed by atoms with van der Waals surface area (Å²) in [6.07, 6.45) is 10.5. The van der Waals surface area contributed by atoms with Crippen LogP contribution in [0.25, 0.3) is 0 Å². The summed E-state index contributed by atoms with van der Waals surface area (Å²) in [6, 6.07) is 0. The van der Waals surface area contributed by atoms with E-state index in [-0.39, 0.29) is 5.91 Å². The van der Waals surface area contributed by atoms with Crippen LogP contribution < -0.4 is 0 Å². The molecule has 0 aromatic heterocycles. The minimum atomic E-state index is -0.0450. The molecule has 1 rings (SSSR count). The van der Waals surface area contributed by atoms with Crippen molar-refractivity contribution in [1.82, 2.24) is 5.06 Å². The van der Waals surface area contributed by atoms with Gasteiger partial charge < -0.3 is 0 Å². The summed E-state index contributed by atoms with van der Waals surface area (Å²) in [5.41, 5.74) is 1.00. The summed E-state index contributed by atoms with van der Waals surface area (Å²) in [7, 11) is 3.10. The van der Waals surface area contributed by atoms with Crippen molar-refractivity contribution in [1.29, 1.82) is 0 Å². The molecule has 3 heteroatoms. The van der Waals surface area contributed by atoms with Crippen LogP contribution in [0.4, 0.5) is 0 Å². The normalized spacial score (nSPS) is 19.7. The lowest BCUT2D eigenvalue weighted by Gasteiger charge is -2.13. The monoisotopic (exact) mass is 207 g/mol. The Morgan fingerprint density at radius 2 is 2.27 bits per heavy atom. The summed E-state index contributed by atoms with van der Waals surface area (Å²) < 4.78 is 0. The number of hydrogen-bond donors (Lipinski definition) is 0. The van der Waals surface area contributed by atoms with E-state index in [1.54, 1.807) is 7.05 Å². The fourth-order valence-corrected chi connectivity index (χ4v) is 1.26. The number of hydroxylamine groups is 2. The molecule has 1 aliphatic rings. The van der Waals surface area contributed by atoms with E-state index in [1.807, 2.05) is 18.2 Å². The van der Waals surface area contributed by atoms with Crippen molar-refractivity contribution in [2.24, 2.45) is 5.92 Å². The van der Waals surface area contributed by atoms with E-state index in [4.69, 9.17) is 4.84 Å². The van der Waals surface area contributed by atoms with Crippen LogP contribution in [0.2, 0.25) is 0 Å². The van der Waals surface area contributed by atoms with Gasteiger partial charge in [-0.3, -0.25) is 9.63 Å². The van der Waals surface area contributed by atoms with Gasteiger partial charge in [0.2, 0.25) is 5.91 Å². The van der Waals surface area contributed by atoms with Crippen molar-refractivity contribution in [3.8, 4) is 0 Å². The van der Waals surface area contributed by atoms with Gasteiger partial charge in [0.05, 0.1) is 13.5 Å². The van der Waals surface area contributed by atoms with Crippen LogP contribution >= 0.6 is 0 Å². The molecule has 1 aliphatic carbocycles. The predicted octanol–water partition coefficient (Wildman–Crippen LogP) is 2.08. The molecule has 15 heavy (non-hydrogen) atoms. The average Bonchev–Trinajstić information content (AvgIpc) is 2.42. The van der Waals surface area contributed by atoms with Crippen LogP contribution in [0.1, 0.15) is 13.3 Å². The Morgan fingerprint density at radius 3 is 2.93 bits per heavy atom. The van der Waals surface area contributed by atoms with E-state index in [2.05, 4.69) is 19.1 Å². The number of carbonyl (C=O) groups is 1. The van der Waals surface area contributed by atoms with Gasteiger partial charge in [-0.25, -0.2) is 5.06 Å². The molecule has 0 aliphatic heterocycles. The minimum Gasteiger partial charge on any atom is -0.275 e. The molecule has 0 saturated heterocycles. The summed E-state index contributed by atoms with van der Waals surface area (Å²) in [5, 5.41) is 1.24. The molecule has 1 amide bonds. The van der Waals surface area contributed by atoms with E-state index < -0.39 is 0 Å². The largest absolute Gasteiger partial charge is 0.275 e. The molecule has 0 aromatic carbocycles. The van der Waals surface area contributed by atoms with Crippen LogP contribution in [0.5, 0.6) is 0 Å². The molecule has 0 radical (unpaired) electrons. The molecule has 0 heterocycles. The predicted molar refractivity (Wildman–Crippen MR) is 59.9 cm³/mol. The average molecular weight is 207 g/mol. The second-order valence-corrected chi connectivity index (χ2v) is 3.60. The Labute approximate surface area is 90.7 Å². The van der Waals surface area contributed by atoms with Crippen molar-refractivity contribution >= 4 is 5.91 Å².